The van der Waals surface area contributed by atoms with Gasteiger partial charge in [-0.2, -0.15) is 5.26 Å². The summed E-state index contributed by atoms with van der Waals surface area (Å²) in [6.07, 6.45) is 0.0435. The molecule has 0 amide bonds. The van der Waals surface area contributed by atoms with Crippen LogP contribution in [0.1, 0.15) is 5.56 Å². The monoisotopic (exact) mass is 269 g/mol. The van der Waals surface area contributed by atoms with Crippen LogP contribution in [0.3, 0.4) is 0 Å². The van der Waals surface area contributed by atoms with Crippen LogP contribution in [0.15, 0.2) is 41.2 Å². The minimum Gasteiger partial charge on any atom is -0.311 e. The SMILES string of the molecule is Cn1c(-c2cccc([N+](=O)[O-])c2)ccc(CC#N)c1=O. The highest BCUT2D eigenvalue weighted by atomic mass is 16.6. The number of nitro benzene ring substituents is 1. The Labute approximate surface area is 114 Å². The van der Waals surface area contributed by atoms with Gasteiger partial charge in [-0.15, -0.1) is 0 Å². The van der Waals surface area contributed by atoms with E-state index in [4.69, 9.17) is 5.26 Å². The summed E-state index contributed by atoms with van der Waals surface area (Å²) in [5.74, 6) is 0. The van der Waals surface area contributed by atoms with Crippen LogP contribution in [0, 0.1) is 21.4 Å². The molecule has 0 atom stereocenters. The average Bonchev–Trinajstić information content (AvgIpc) is 2.44. The van der Waals surface area contributed by atoms with E-state index in [-0.39, 0.29) is 17.7 Å². The molecule has 2 rings (SSSR count). The molecule has 0 saturated carbocycles. The van der Waals surface area contributed by atoms with Crippen LogP contribution in [-0.4, -0.2) is 9.49 Å². The first-order chi connectivity index (χ1) is 9.54. The third kappa shape index (κ3) is 2.42. The maximum atomic E-state index is 12.0. The molecule has 0 aliphatic heterocycles. The minimum absolute atomic E-state index is 0.0314. The van der Waals surface area contributed by atoms with Crippen molar-refractivity contribution < 1.29 is 4.92 Å². The van der Waals surface area contributed by atoms with Crippen molar-refractivity contribution in [2.24, 2.45) is 7.05 Å². The fourth-order valence-corrected chi connectivity index (χ4v) is 1.98. The molecule has 2 aromatic rings. The highest BCUT2D eigenvalue weighted by molar-refractivity contribution is 5.63. The van der Waals surface area contributed by atoms with E-state index >= 15 is 0 Å². The summed E-state index contributed by atoms with van der Waals surface area (Å²) < 4.78 is 1.39. The summed E-state index contributed by atoms with van der Waals surface area (Å²) in [6, 6.07) is 11.3. The molecule has 100 valence electrons. The summed E-state index contributed by atoms with van der Waals surface area (Å²) in [6.45, 7) is 0. The lowest BCUT2D eigenvalue weighted by Gasteiger charge is -2.09. The summed E-state index contributed by atoms with van der Waals surface area (Å²) in [5.41, 5.74) is 1.26. The Hall–Kier alpha value is -2.94. The van der Waals surface area contributed by atoms with Crippen molar-refractivity contribution in [3.05, 3.63) is 62.4 Å². The van der Waals surface area contributed by atoms with Crippen LogP contribution in [0.25, 0.3) is 11.3 Å². The second-order valence-electron chi connectivity index (χ2n) is 4.25. The van der Waals surface area contributed by atoms with Gasteiger partial charge in [-0.25, -0.2) is 0 Å². The van der Waals surface area contributed by atoms with Crippen LogP contribution in [0.2, 0.25) is 0 Å². The first kappa shape index (κ1) is 13.5. The molecular formula is C14H11N3O3. The highest BCUT2D eigenvalue weighted by Crippen LogP contribution is 2.22. The molecule has 0 aliphatic rings. The topological polar surface area (TPSA) is 88.9 Å². The van der Waals surface area contributed by atoms with E-state index in [9.17, 15) is 14.9 Å². The molecule has 0 fully saturated rings. The number of aromatic nitrogens is 1. The summed E-state index contributed by atoms with van der Waals surface area (Å²) in [4.78, 5) is 22.3. The predicted octanol–water partition coefficient (Wildman–Crippen LogP) is 2.03. The van der Waals surface area contributed by atoms with Crippen molar-refractivity contribution in [3.63, 3.8) is 0 Å². The van der Waals surface area contributed by atoms with Crippen molar-refractivity contribution >= 4 is 5.69 Å². The van der Waals surface area contributed by atoms with E-state index in [2.05, 4.69) is 0 Å². The zero-order valence-electron chi connectivity index (χ0n) is 10.7. The maximum absolute atomic E-state index is 12.0. The first-order valence-corrected chi connectivity index (χ1v) is 5.85. The second-order valence-corrected chi connectivity index (χ2v) is 4.25. The van der Waals surface area contributed by atoms with Gasteiger partial charge in [0.2, 0.25) is 0 Å². The number of nitro groups is 1. The van der Waals surface area contributed by atoms with E-state index in [1.807, 2.05) is 6.07 Å². The molecule has 0 spiro atoms. The van der Waals surface area contributed by atoms with Gasteiger partial charge in [0.25, 0.3) is 11.2 Å². The van der Waals surface area contributed by atoms with Crippen LogP contribution in [-0.2, 0) is 13.5 Å². The molecule has 0 radical (unpaired) electrons. The van der Waals surface area contributed by atoms with Gasteiger partial charge in [0.15, 0.2) is 0 Å². The third-order valence-electron chi connectivity index (χ3n) is 3.01. The Morgan fingerprint density at radius 2 is 2.10 bits per heavy atom. The lowest BCUT2D eigenvalue weighted by atomic mass is 10.1. The lowest BCUT2D eigenvalue weighted by molar-refractivity contribution is -0.384. The number of nitrogens with zero attached hydrogens (tertiary/aromatic N) is 3. The smallest absolute Gasteiger partial charge is 0.270 e. The van der Waals surface area contributed by atoms with Crippen LogP contribution < -0.4 is 5.56 Å². The molecule has 1 aromatic heterocycles. The molecule has 0 N–H and O–H groups in total. The zero-order chi connectivity index (χ0) is 14.7. The Kier molecular flexibility index (Phi) is 3.62. The normalized spacial score (nSPS) is 10.0. The minimum atomic E-state index is -0.480. The first-order valence-electron chi connectivity index (χ1n) is 5.85. The summed E-state index contributed by atoms with van der Waals surface area (Å²) in [5, 5.41) is 19.4. The quantitative estimate of drug-likeness (QED) is 0.629. The van der Waals surface area contributed by atoms with Crippen molar-refractivity contribution in [2.75, 3.05) is 0 Å². The number of non-ortho nitro benzene ring substituents is 1. The van der Waals surface area contributed by atoms with E-state index in [1.54, 1.807) is 31.3 Å². The number of rotatable bonds is 3. The third-order valence-corrected chi connectivity index (χ3v) is 3.01. The zero-order valence-corrected chi connectivity index (χ0v) is 10.7. The van der Waals surface area contributed by atoms with Crippen molar-refractivity contribution in [3.8, 4) is 17.3 Å². The van der Waals surface area contributed by atoms with Gasteiger partial charge in [-0.1, -0.05) is 18.2 Å². The number of nitriles is 1. The molecule has 20 heavy (non-hydrogen) atoms. The standard InChI is InChI=1S/C14H11N3O3/c1-16-13(6-5-10(7-8-15)14(16)18)11-3-2-4-12(9-11)17(19)20/h2-6,9H,7H2,1H3. The van der Waals surface area contributed by atoms with E-state index < -0.39 is 4.92 Å². The van der Waals surface area contributed by atoms with Gasteiger partial charge in [0.1, 0.15) is 0 Å². The average molecular weight is 269 g/mol. The fourth-order valence-electron chi connectivity index (χ4n) is 1.98. The molecular weight excluding hydrogens is 258 g/mol. The Balaban J connectivity index is 2.57. The Bertz CT molecular complexity index is 772. The van der Waals surface area contributed by atoms with Gasteiger partial charge in [-0.05, 0) is 6.07 Å². The van der Waals surface area contributed by atoms with Gasteiger partial charge in [-0.3, -0.25) is 14.9 Å². The van der Waals surface area contributed by atoms with E-state index in [1.165, 1.54) is 16.7 Å². The second kappa shape index (κ2) is 5.36. The van der Waals surface area contributed by atoms with Crippen molar-refractivity contribution in [1.29, 1.82) is 5.26 Å². The largest absolute Gasteiger partial charge is 0.311 e. The molecule has 0 bridgehead atoms. The summed E-state index contributed by atoms with van der Waals surface area (Å²) in [7, 11) is 1.58. The molecule has 6 heteroatoms. The van der Waals surface area contributed by atoms with Gasteiger partial charge in [0, 0.05) is 30.3 Å². The molecule has 1 heterocycles. The van der Waals surface area contributed by atoms with Gasteiger partial charge >= 0.3 is 0 Å². The maximum Gasteiger partial charge on any atom is 0.270 e. The summed E-state index contributed by atoms with van der Waals surface area (Å²) >= 11 is 0. The lowest BCUT2D eigenvalue weighted by Crippen LogP contribution is -2.22. The Morgan fingerprint density at radius 1 is 1.35 bits per heavy atom. The molecule has 0 aliphatic carbocycles. The van der Waals surface area contributed by atoms with Crippen LogP contribution in [0.5, 0.6) is 0 Å². The molecule has 0 saturated heterocycles. The number of pyridine rings is 1. The van der Waals surface area contributed by atoms with Crippen molar-refractivity contribution in [2.45, 2.75) is 6.42 Å². The fraction of sp³-hybridized carbons (Fsp3) is 0.143. The molecule has 0 unspecified atom stereocenters. The van der Waals surface area contributed by atoms with E-state index in [0.29, 0.717) is 16.8 Å². The van der Waals surface area contributed by atoms with Crippen LogP contribution >= 0.6 is 0 Å². The molecule has 6 nitrogen and oxygen atoms in total. The molecule has 1 aromatic carbocycles. The number of benzene rings is 1. The number of hydrogen-bond acceptors (Lipinski definition) is 4. The highest BCUT2D eigenvalue weighted by Gasteiger charge is 2.11. The predicted molar refractivity (Wildman–Crippen MR) is 73.1 cm³/mol. The number of hydrogen-bond donors (Lipinski definition) is 0. The van der Waals surface area contributed by atoms with Gasteiger partial charge in [0.05, 0.1) is 23.1 Å². The van der Waals surface area contributed by atoms with Crippen molar-refractivity contribution in [1.82, 2.24) is 4.57 Å². The Morgan fingerprint density at radius 3 is 2.75 bits per heavy atom. The van der Waals surface area contributed by atoms with Crippen LogP contribution in [0.4, 0.5) is 5.69 Å². The van der Waals surface area contributed by atoms with E-state index in [0.717, 1.165) is 0 Å². The van der Waals surface area contributed by atoms with Gasteiger partial charge < -0.3 is 4.57 Å².